The van der Waals surface area contributed by atoms with Crippen molar-refractivity contribution in [1.82, 2.24) is 16.0 Å². The number of carbonyl (C=O) groups excluding carboxylic acids is 1. The van der Waals surface area contributed by atoms with Gasteiger partial charge in [-0.15, -0.1) is 24.0 Å². The molecule has 5 nitrogen and oxygen atoms in total. The number of hydrogen-bond donors (Lipinski definition) is 3. The number of nitrogens with zero attached hydrogens (tertiary/aromatic N) is 1. The summed E-state index contributed by atoms with van der Waals surface area (Å²) in [5.41, 5.74) is 2.67. The Morgan fingerprint density at radius 3 is 2.21 bits per heavy atom. The molecule has 0 aliphatic carbocycles. The molecule has 0 aromatic heterocycles. The molecule has 3 N–H and O–H groups in total. The zero-order valence-corrected chi connectivity index (χ0v) is 19.7. The largest absolute Gasteiger partial charge is 0.356 e. The number of carbonyl (C=O) groups is 1. The summed E-state index contributed by atoms with van der Waals surface area (Å²) in [7, 11) is 3.35. The molecular formula is C20H25Cl2IN4O. The first kappa shape index (κ1) is 24.5. The molecule has 0 aliphatic heterocycles. The molecule has 28 heavy (non-hydrogen) atoms. The van der Waals surface area contributed by atoms with Crippen LogP contribution in [-0.4, -0.2) is 39.1 Å². The van der Waals surface area contributed by atoms with Gasteiger partial charge in [-0.3, -0.25) is 9.79 Å². The smallest absolute Gasteiger partial charge is 0.251 e. The van der Waals surface area contributed by atoms with Gasteiger partial charge in [-0.2, -0.15) is 0 Å². The predicted molar refractivity (Wildman–Crippen MR) is 128 cm³/mol. The molecule has 0 heterocycles. The predicted octanol–water partition coefficient (Wildman–Crippen LogP) is 3.92. The van der Waals surface area contributed by atoms with Gasteiger partial charge in [0, 0.05) is 42.8 Å². The summed E-state index contributed by atoms with van der Waals surface area (Å²) in [5, 5.41) is 10.5. The second-order valence-electron chi connectivity index (χ2n) is 5.91. The minimum absolute atomic E-state index is 0. The number of nitrogens with one attached hydrogen (secondary N) is 3. The monoisotopic (exact) mass is 534 g/mol. The maximum Gasteiger partial charge on any atom is 0.251 e. The highest BCUT2D eigenvalue weighted by molar-refractivity contribution is 14.0. The fourth-order valence-electron chi connectivity index (χ4n) is 2.64. The van der Waals surface area contributed by atoms with Gasteiger partial charge in [0.2, 0.25) is 0 Å². The van der Waals surface area contributed by atoms with Crippen molar-refractivity contribution in [2.24, 2.45) is 4.99 Å². The fourth-order valence-corrected chi connectivity index (χ4v) is 3.22. The van der Waals surface area contributed by atoms with Crippen molar-refractivity contribution in [3.63, 3.8) is 0 Å². The molecule has 2 rings (SSSR count). The van der Waals surface area contributed by atoms with Gasteiger partial charge in [0.1, 0.15) is 0 Å². The van der Waals surface area contributed by atoms with Crippen LogP contribution in [0.5, 0.6) is 0 Å². The lowest BCUT2D eigenvalue weighted by molar-refractivity contribution is 0.0963. The Morgan fingerprint density at radius 1 is 1.00 bits per heavy atom. The second-order valence-corrected chi connectivity index (χ2v) is 6.72. The Bertz CT molecular complexity index is 794. The van der Waals surface area contributed by atoms with E-state index in [0.717, 1.165) is 17.5 Å². The van der Waals surface area contributed by atoms with Crippen molar-refractivity contribution in [1.29, 1.82) is 0 Å². The van der Waals surface area contributed by atoms with Crippen molar-refractivity contribution in [3.05, 3.63) is 69.2 Å². The Morgan fingerprint density at radius 2 is 1.61 bits per heavy atom. The Balaban J connectivity index is 0.00000392. The molecule has 0 spiro atoms. The van der Waals surface area contributed by atoms with Crippen molar-refractivity contribution in [2.45, 2.75) is 12.8 Å². The molecule has 0 saturated heterocycles. The maximum atomic E-state index is 11.7. The van der Waals surface area contributed by atoms with Crippen LogP contribution in [0, 0.1) is 0 Å². The zero-order valence-electron chi connectivity index (χ0n) is 15.9. The molecular weight excluding hydrogens is 510 g/mol. The summed E-state index contributed by atoms with van der Waals surface area (Å²) < 4.78 is 0. The maximum absolute atomic E-state index is 11.7. The van der Waals surface area contributed by atoms with Crippen molar-refractivity contribution >= 4 is 59.0 Å². The number of aliphatic imine (C=N–C) groups is 1. The average molecular weight is 535 g/mol. The third-order valence-corrected chi connectivity index (χ3v) is 4.78. The number of guanidine groups is 1. The van der Waals surface area contributed by atoms with Crippen LogP contribution in [0.4, 0.5) is 0 Å². The summed E-state index contributed by atoms with van der Waals surface area (Å²) in [6.45, 7) is 1.36. The normalized spacial score (nSPS) is 10.8. The van der Waals surface area contributed by atoms with Crippen LogP contribution >= 0.6 is 47.2 Å². The van der Waals surface area contributed by atoms with Crippen molar-refractivity contribution < 1.29 is 4.79 Å². The number of halogens is 3. The highest BCUT2D eigenvalue weighted by atomic mass is 127. The number of rotatable bonds is 7. The van der Waals surface area contributed by atoms with Crippen molar-refractivity contribution in [3.8, 4) is 0 Å². The number of benzene rings is 2. The van der Waals surface area contributed by atoms with Gasteiger partial charge in [0.25, 0.3) is 5.91 Å². The quantitative estimate of drug-likeness (QED) is 0.286. The Labute approximate surface area is 193 Å². The molecule has 1 amide bonds. The third kappa shape index (κ3) is 7.48. The summed E-state index contributed by atoms with van der Waals surface area (Å²) in [5.74, 6) is 0.626. The van der Waals surface area contributed by atoms with Crippen LogP contribution in [0.1, 0.15) is 21.5 Å². The highest BCUT2D eigenvalue weighted by Crippen LogP contribution is 2.24. The lowest BCUT2D eigenvalue weighted by atomic mass is 10.1. The van der Waals surface area contributed by atoms with E-state index in [9.17, 15) is 4.79 Å². The molecule has 0 unspecified atom stereocenters. The van der Waals surface area contributed by atoms with Crippen LogP contribution in [0.3, 0.4) is 0 Å². The van der Waals surface area contributed by atoms with E-state index in [0.29, 0.717) is 41.1 Å². The van der Waals surface area contributed by atoms with Crippen LogP contribution in [0.15, 0.2) is 47.5 Å². The van der Waals surface area contributed by atoms with Crippen LogP contribution in [0.25, 0.3) is 0 Å². The van der Waals surface area contributed by atoms with E-state index in [1.165, 1.54) is 0 Å². The SMILES string of the molecule is CN=C(NCCc1cccc(C(=O)NC)c1)NCCc1c(Cl)cccc1Cl.I. The lowest BCUT2D eigenvalue weighted by Crippen LogP contribution is -2.39. The van der Waals surface area contributed by atoms with E-state index in [2.05, 4.69) is 20.9 Å². The van der Waals surface area contributed by atoms with E-state index in [1.807, 2.05) is 36.4 Å². The van der Waals surface area contributed by atoms with Gasteiger partial charge in [-0.25, -0.2) is 0 Å². The van der Waals surface area contributed by atoms with E-state index < -0.39 is 0 Å². The van der Waals surface area contributed by atoms with Crippen LogP contribution < -0.4 is 16.0 Å². The lowest BCUT2D eigenvalue weighted by Gasteiger charge is -2.13. The number of hydrogen-bond acceptors (Lipinski definition) is 2. The molecule has 0 radical (unpaired) electrons. The summed E-state index contributed by atoms with van der Waals surface area (Å²) >= 11 is 12.4. The molecule has 8 heteroatoms. The molecule has 2 aromatic rings. The van der Waals surface area contributed by atoms with E-state index in [1.54, 1.807) is 20.2 Å². The first-order valence-electron chi connectivity index (χ1n) is 8.73. The van der Waals surface area contributed by atoms with Crippen LogP contribution in [0.2, 0.25) is 10.0 Å². The van der Waals surface area contributed by atoms with E-state index >= 15 is 0 Å². The average Bonchev–Trinajstić information content (AvgIpc) is 2.68. The van der Waals surface area contributed by atoms with Gasteiger partial charge in [0.05, 0.1) is 0 Å². The van der Waals surface area contributed by atoms with Gasteiger partial charge in [-0.1, -0.05) is 41.4 Å². The van der Waals surface area contributed by atoms with E-state index in [4.69, 9.17) is 23.2 Å². The molecule has 2 aromatic carbocycles. The Hall–Kier alpha value is -1.51. The molecule has 0 bridgehead atoms. The second kappa shape index (κ2) is 12.9. The topological polar surface area (TPSA) is 65.5 Å². The van der Waals surface area contributed by atoms with Crippen molar-refractivity contribution in [2.75, 3.05) is 27.2 Å². The molecule has 0 atom stereocenters. The molecule has 0 saturated carbocycles. The van der Waals surface area contributed by atoms with Gasteiger partial charge >= 0.3 is 0 Å². The summed E-state index contributed by atoms with van der Waals surface area (Å²) in [4.78, 5) is 15.9. The first-order chi connectivity index (χ1) is 13.0. The minimum atomic E-state index is -0.0829. The van der Waals surface area contributed by atoms with E-state index in [-0.39, 0.29) is 29.9 Å². The van der Waals surface area contributed by atoms with Crippen LogP contribution in [-0.2, 0) is 12.8 Å². The number of amides is 1. The first-order valence-corrected chi connectivity index (χ1v) is 9.49. The van der Waals surface area contributed by atoms with Gasteiger partial charge in [0.15, 0.2) is 5.96 Å². The zero-order chi connectivity index (χ0) is 19.6. The van der Waals surface area contributed by atoms with Gasteiger partial charge in [-0.05, 0) is 48.2 Å². The minimum Gasteiger partial charge on any atom is -0.356 e. The molecule has 0 aliphatic rings. The fraction of sp³-hybridized carbons (Fsp3) is 0.300. The highest BCUT2D eigenvalue weighted by Gasteiger charge is 2.06. The third-order valence-electron chi connectivity index (χ3n) is 4.08. The Kier molecular flexibility index (Phi) is 11.3. The standard InChI is InChI=1S/C20H24Cl2N4O.HI/c1-23-19(27)15-6-3-5-14(13-15)9-11-25-20(24-2)26-12-10-16-17(21)7-4-8-18(16)22;/h3-8,13H,9-12H2,1-2H3,(H,23,27)(H2,24,25,26);1H. The molecule has 0 fully saturated rings. The summed E-state index contributed by atoms with van der Waals surface area (Å²) in [6, 6.07) is 13.1. The van der Waals surface area contributed by atoms with Gasteiger partial charge < -0.3 is 16.0 Å². The molecule has 152 valence electrons. The summed E-state index contributed by atoms with van der Waals surface area (Å²) in [6.07, 6.45) is 1.48.